The summed E-state index contributed by atoms with van der Waals surface area (Å²) in [7, 11) is 4.43. The minimum atomic E-state index is -0.679. The summed E-state index contributed by atoms with van der Waals surface area (Å²) in [5.41, 5.74) is 0.281. The van der Waals surface area contributed by atoms with E-state index in [2.05, 4.69) is 4.90 Å². The Morgan fingerprint density at radius 2 is 1.46 bits per heavy atom. The van der Waals surface area contributed by atoms with Crippen molar-refractivity contribution in [3.63, 3.8) is 0 Å². The van der Waals surface area contributed by atoms with Crippen molar-refractivity contribution in [3.05, 3.63) is 29.3 Å². The van der Waals surface area contributed by atoms with Gasteiger partial charge in [0.15, 0.2) is 0 Å². The maximum absolute atomic E-state index is 13.0. The van der Waals surface area contributed by atoms with Crippen molar-refractivity contribution in [2.75, 3.05) is 52.3 Å². The molecule has 0 bridgehead atoms. The van der Waals surface area contributed by atoms with Gasteiger partial charge in [0.25, 0.3) is 5.91 Å². The average molecular weight is 389 g/mol. The Kier molecular flexibility index (Phi) is 5.76. The first-order valence-electron chi connectivity index (χ1n) is 8.96. The minimum Gasteiger partial charge on any atom is -0.465 e. The Balaban J connectivity index is 1.93. The number of likely N-dealkylation sites (N-methyl/N-ethyl adjacent to an activating group) is 1. The number of hydrogen-bond acceptors (Lipinski definition) is 8. The maximum Gasteiger partial charge on any atom is 0.337 e. The van der Waals surface area contributed by atoms with Crippen molar-refractivity contribution in [3.8, 4) is 0 Å². The van der Waals surface area contributed by atoms with Crippen LogP contribution in [0.3, 0.4) is 0 Å². The molecule has 1 atom stereocenters. The summed E-state index contributed by atoms with van der Waals surface area (Å²) in [5, 5.41) is 0. The van der Waals surface area contributed by atoms with Gasteiger partial charge < -0.3 is 14.4 Å². The standard InChI is InChI=1S/C19H23N3O6/c1-20-4-6-21(7-5-20)15-11-16(23)22(17(15)24)14-9-12(18(25)27-2)8-13(10-14)19(26)28-3/h8-10,15H,4-7,11H2,1-3H3. The Morgan fingerprint density at radius 3 is 1.96 bits per heavy atom. The van der Waals surface area contributed by atoms with Crippen LogP contribution < -0.4 is 4.90 Å². The summed E-state index contributed by atoms with van der Waals surface area (Å²) >= 11 is 0. The molecule has 2 heterocycles. The van der Waals surface area contributed by atoms with Crippen molar-refractivity contribution in [2.24, 2.45) is 0 Å². The zero-order valence-electron chi connectivity index (χ0n) is 16.1. The molecule has 2 fully saturated rings. The number of benzene rings is 1. The number of imide groups is 1. The van der Waals surface area contributed by atoms with E-state index in [4.69, 9.17) is 9.47 Å². The molecule has 0 aromatic heterocycles. The number of amides is 2. The monoisotopic (exact) mass is 389 g/mol. The molecule has 9 nitrogen and oxygen atoms in total. The molecule has 28 heavy (non-hydrogen) atoms. The van der Waals surface area contributed by atoms with Gasteiger partial charge in [-0.1, -0.05) is 0 Å². The fourth-order valence-corrected chi connectivity index (χ4v) is 3.52. The Morgan fingerprint density at radius 1 is 0.929 bits per heavy atom. The highest BCUT2D eigenvalue weighted by molar-refractivity contribution is 6.23. The topological polar surface area (TPSA) is 96.5 Å². The van der Waals surface area contributed by atoms with Gasteiger partial charge in [-0.05, 0) is 25.2 Å². The molecular formula is C19H23N3O6. The van der Waals surface area contributed by atoms with Gasteiger partial charge in [-0.2, -0.15) is 0 Å². The lowest BCUT2D eigenvalue weighted by atomic mass is 10.1. The third kappa shape index (κ3) is 3.76. The number of carbonyl (C=O) groups excluding carboxylic acids is 4. The van der Waals surface area contributed by atoms with E-state index in [0.717, 1.165) is 18.0 Å². The zero-order chi connectivity index (χ0) is 20.4. The van der Waals surface area contributed by atoms with E-state index in [1.165, 1.54) is 32.4 Å². The molecule has 2 aliphatic rings. The third-order valence-corrected chi connectivity index (χ3v) is 5.12. The van der Waals surface area contributed by atoms with E-state index < -0.39 is 18.0 Å². The van der Waals surface area contributed by atoms with Gasteiger partial charge in [0.1, 0.15) is 0 Å². The van der Waals surface area contributed by atoms with E-state index in [9.17, 15) is 19.2 Å². The fraction of sp³-hybridized carbons (Fsp3) is 0.474. The smallest absolute Gasteiger partial charge is 0.337 e. The Bertz CT molecular complexity index is 782. The van der Waals surface area contributed by atoms with Crippen LogP contribution in [-0.2, 0) is 19.1 Å². The van der Waals surface area contributed by atoms with E-state index in [1.54, 1.807) is 0 Å². The van der Waals surface area contributed by atoms with Crippen LogP contribution in [0.15, 0.2) is 18.2 Å². The number of rotatable bonds is 4. The van der Waals surface area contributed by atoms with Crippen molar-refractivity contribution in [1.29, 1.82) is 0 Å². The minimum absolute atomic E-state index is 0.0593. The summed E-state index contributed by atoms with van der Waals surface area (Å²) in [6.45, 7) is 3.04. The van der Waals surface area contributed by atoms with Crippen molar-refractivity contribution in [2.45, 2.75) is 12.5 Å². The van der Waals surface area contributed by atoms with Crippen molar-refractivity contribution < 1.29 is 28.7 Å². The van der Waals surface area contributed by atoms with Crippen LogP contribution in [0.2, 0.25) is 0 Å². The molecule has 9 heteroatoms. The molecule has 150 valence electrons. The second-order valence-electron chi connectivity index (χ2n) is 6.88. The van der Waals surface area contributed by atoms with E-state index in [1.807, 2.05) is 11.9 Å². The predicted octanol–water partition coefficient (Wildman–Crippen LogP) is 0.139. The van der Waals surface area contributed by atoms with Crippen LogP contribution in [0.25, 0.3) is 0 Å². The normalized spacial score (nSPS) is 21.1. The van der Waals surface area contributed by atoms with Crippen LogP contribution in [0.1, 0.15) is 27.1 Å². The lowest BCUT2D eigenvalue weighted by Crippen LogP contribution is -2.51. The third-order valence-electron chi connectivity index (χ3n) is 5.12. The highest BCUT2D eigenvalue weighted by atomic mass is 16.5. The van der Waals surface area contributed by atoms with E-state index in [-0.39, 0.29) is 35.0 Å². The molecule has 2 amide bonds. The van der Waals surface area contributed by atoms with E-state index in [0.29, 0.717) is 13.1 Å². The lowest BCUT2D eigenvalue weighted by Gasteiger charge is -2.35. The molecule has 2 aliphatic heterocycles. The second-order valence-corrected chi connectivity index (χ2v) is 6.88. The maximum atomic E-state index is 13.0. The summed E-state index contributed by atoms with van der Waals surface area (Å²) in [4.78, 5) is 54.8. The quantitative estimate of drug-likeness (QED) is 0.530. The number of ether oxygens (including phenoxy) is 2. The van der Waals surface area contributed by atoms with Crippen LogP contribution in [0.5, 0.6) is 0 Å². The fourth-order valence-electron chi connectivity index (χ4n) is 3.52. The Hall–Kier alpha value is -2.78. The van der Waals surface area contributed by atoms with Gasteiger partial charge in [-0.25, -0.2) is 14.5 Å². The summed E-state index contributed by atoms with van der Waals surface area (Å²) in [6, 6.07) is 3.52. The summed E-state index contributed by atoms with van der Waals surface area (Å²) in [6.07, 6.45) is 0.0680. The highest BCUT2D eigenvalue weighted by Crippen LogP contribution is 2.28. The second kappa shape index (κ2) is 8.07. The first-order chi connectivity index (χ1) is 13.3. The van der Waals surface area contributed by atoms with Crippen molar-refractivity contribution >= 4 is 29.4 Å². The SMILES string of the molecule is COC(=O)c1cc(C(=O)OC)cc(N2C(=O)CC(N3CCN(C)CC3)C2=O)c1. The molecule has 0 N–H and O–H groups in total. The van der Waals surface area contributed by atoms with Crippen LogP contribution in [0, 0.1) is 0 Å². The predicted molar refractivity (Wildman–Crippen MR) is 99.1 cm³/mol. The van der Waals surface area contributed by atoms with Crippen LogP contribution in [-0.4, -0.2) is 87.0 Å². The molecule has 0 radical (unpaired) electrons. The van der Waals surface area contributed by atoms with Gasteiger partial charge in [-0.15, -0.1) is 0 Å². The molecule has 0 aliphatic carbocycles. The number of hydrogen-bond donors (Lipinski definition) is 0. The van der Waals surface area contributed by atoms with Crippen LogP contribution in [0.4, 0.5) is 5.69 Å². The van der Waals surface area contributed by atoms with Crippen molar-refractivity contribution in [1.82, 2.24) is 9.80 Å². The van der Waals surface area contributed by atoms with Gasteiger partial charge in [0.2, 0.25) is 5.91 Å². The zero-order valence-corrected chi connectivity index (χ0v) is 16.1. The molecule has 1 aromatic carbocycles. The van der Waals surface area contributed by atoms with E-state index >= 15 is 0 Å². The number of esters is 2. The molecular weight excluding hydrogens is 366 g/mol. The van der Waals surface area contributed by atoms with Gasteiger partial charge in [0, 0.05) is 26.2 Å². The highest BCUT2D eigenvalue weighted by Gasteiger charge is 2.43. The average Bonchev–Trinajstić information content (AvgIpc) is 3.00. The number of anilines is 1. The van der Waals surface area contributed by atoms with Crippen LogP contribution >= 0.6 is 0 Å². The molecule has 1 unspecified atom stereocenters. The molecule has 3 rings (SSSR count). The molecule has 2 saturated heterocycles. The number of methoxy groups -OCH3 is 2. The number of carbonyl (C=O) groups is 4. The van der Waals surface area contributed by atoms with Gasteiger partial charge in [0.05, 0.1) is 43.5 Å². The molecule has 0 saturated carbocycles. The lowest BCUT2D eigenvalue weighted by molar-refractivity contribution is -0.123. The summed E-state index contributed by atoms with van der Waals surface area (Å²) in [5.74, 6) is -2.08. The van der Waals surface area contributed by atoms with Gasteiger partial charge >= 0.3 is 11.9 Å². The number of piperazine rings is 1. The van der Waals surface area contributed by atoms with Gasteiger partial charge in [-0.3, -0.25) is 14.5 Å². The Labute approximate surface area is 162 Å². The number of nitrogens with zero attached hydrogens (tertiary/aromatic N) is 3. The first-order valence-corrected chi connectivity index (χ1v) is 8.96. The summed E-state index contributed by atoms with van der Waals surface area (Å²) < 4.78 is 9.42. The molecule has 0 spiro atoms. The largest absolute Gasteiger partial charge is 0.465 e. The first kappa shape index (κ1) is 20.0. The molecule has 1 aromatic rings.